The van der Waals surface area contributed by atoms with Crippen molar-refractivity contribution in [2.75, 3.05) is 13.6 Å². The van der Waals surface area contributed by atoms with E-state index in [9.17, 15) is 4.79 Å². The van der Waals surface area contributed by atoms with Gasteiger partial charge in [0.2, 0.25) is 0 Å². The van der Waals surface area contributed by atoms with Crippen LogP contribution in [0, 0.1) is 5.92 Å². The molecule has 3 atom stereocenters. The number of nitrogens with zero attached hydrogens (tertiary/aromatic N) is 1. The van der Waals surface area contributed by atoms with Crippen LogP contribution in [0.5, 0.6) is 0 Å². The number of fused-ring (bicyclic) bond motifs is 2. The average molecular weight is 325 g/mol. The lowest BCUT2D eigenvalue weighted by atomic mass is 9.95. The lowest BCUT2D eigenvalue weighted by Crippen LogP contribution is -2.54. The first-order chi connectivity index (χ1) is 10.7. The molecule has 0 saturated carbocycles. The minimum Gasteiger partial charge on any atom is -0.444 e. The fourth-order valence-corrected chi connectivity index (χ4v) is 3.84. The van der Waals surface area contributed by atoms with Crippen LogP contribution in [0.3, 0.4) is 0 Å². The van der Waals surface area contributed by atoms with Crippen molar-refractivity contribution < 1.29 is 9.53 Å². The third-order valence-corrected chi connectivity index (χ3v) is 5.22. The van der Waals surface area contributed by atoms with Crippen LogP contribution in [-0.2, 0) is 4.74 Å². The number of ether oxygens (including phenoxy) is 1. The summed E-state index contributed by atoms with van der Waals surface area (Å²) in [4.78, 5) is 14.4. The molecule has 134 valence electrons. The van der Waals surface area contributed by atoms with Gasteiger partial charge in [-0.05, 0) is 59.4 Å². The summed E-state index contributed by atoms with van der Waals surface area (Å²) in [5.41, 5.74) is -0.446. The number of alkyl carbamates (subject to hydrolysis) is 1. The molecule has 0 aromatic heterocycles. The quantitative estimate of drug-likeness (QED) is 0.816. The highest BCUT2D eigenvalue weighted by Crippen LogP contribution is 2.34. The molecule has 5 heteroatoms. The maximum atomic E-state index is 11.9. The molecule has 2 aliphatic rings. The Balaban J connectivity index is 1.81. The number of carbonyl (C=O) groups is 1. The summed E-state index contributed by atoms with van der Waals surface area (Å²) >= 11 is 0. The molecule has 0 aromatic rings. The van der Waals surface area contributed by atoms with Crippen molar-refractivity contribution >= 4 is 6.09 Å². The van der Waals surface area contributed by atoms with E-state index in [-0.39, 0.29) is 12.1 Å². The zero-order valence-corrected chi connectivity index (χ0v) is 15.7. The Hall–Kier alpha value is -0.810. The molecule has 0 spiro atoms. The number of piperidine rings is 1. The van der Waals surface area contributed by atoms with Gasteiger partial charge >= 0.3 is 6.09 Å². The molecule has 2 saturated heterocycles. The maximum Gasteiger partial charge on any atom is 0.407 e. The molecule has 2 N–H and O–H groups in total. The van der Waals surface area contributed by atoms with Crippen molar-refractivity contribution in [1.82, 2.24) is 15.5 Å². The first-order valence-corrected chi connectivity index (χ1v) is 9.10. The predicted octanol–water partition coefficient (Wildman–Crippen LogP) is 2.75. The monoisotopic (exact) mass is 325 g/mol. The molecule has 2 fully saturated rings. The van der Waals surface area contributed by atoms with Gasteiger partial charge in [-0.15, -0.1) is 0 Å². The standard InChI is InChI=1S/C18H35N3O2/c1-12(2)16(11-19-17(22)23-18(3,4)5)20-13-9-14-7-8-15(10-13)21(14)6/h12-16,20H,7-11H2,1-6H3,(H,19,22). The van der Waals surface area contributed by atoms with Gasteiger partial charge in [-0.2, -0.15) is 0 Å². The number of carbonyl (C=O) groups excluding carboxylic acids is 1. The first-order valence-electron chi connectivity index (χ1n) is 9.10. The summed E-state index contributed by atoms with van der Waals surface area (Å²) in [6.07, 6.45) is 4.79. The fraction of sp³-hybridized carbons (Fsp3) is 0.944. The molecule has 0 aliphatic carbocycles. The SMILES string of the molecule is CC(C)C(CNC(=O)OC(C)(C)C)NC1CC2CCC(C1)N2C. The van der Waals surface area contributed by atoms with Crippen LogP contribution in [0.25, 0.3) is 0 Å². The largest absolute Gasteiger partial charge is 0.444 e. The van der Waals surface area contributed by atoms with E-state index >= 15 is 0 Å². The van der Waals surface area contributed by atoms with E-state index in [0.717, 1.165) is 12.1 Å². The molecule has 2 heterocycles. The highest BCUT2D eigenvalue weighted by Gasteiger charge is 2.39. The summed E-state index contributed by atoms with van der Waals surface area (Å²) in [6.45, 7) is 10.7. The number of amides is 1. The molecule has 5 nitrogen and oxygen atoms in total. The summed E-state index contributed by atoms with van der Waals surface area (Å²) in [6, 6.07) is 2.32. The van der Waals surface area contributed by atoms with Crippen molar-refractivity contribution in [2.45, 2.75) is 90.1 Å². The molecule has 2 bridgehead atoms. The Kier molecular flexibility index (Phi) is 5.95. The Morgan fingerprint density at radius 2 is 1.78 bits per heavy atom. The molecule has 3 unspecified atom stereocenters. The highest BCUT2D eigenvalue weighted by molar-refractivity contribution is 5.67. The molecule has 0 radical (unpaired) electrons. The lowest BCUT2D eigenvalue weighted by molar-refractivity contribution is 0.0515. The maximum absolute atomic E-state index is 11.9. The second kappa shape index (κ2) is 7.39. The Morgan fingerprint density at radius 1 is 1.22 bits per heavy atom. The van der Waals surface area contributed by atoms with Crippen LogP contribution in [0.4, 0.5) is 4.79 Å². The molecular weight excluding hydrogens is 290 g/mol. The average Bonchev–Trinajstić information content (AvgIpc) is 2.63. The molecule has 2 rings (SSSR count). The van der Waals surface area contributed by atoms with E-state index in [1.807, 2.05) is 20.8 Å². The van der Waals surface area contributed by atoms with Crippen LogP contribution in [0.15, 0.2) is 0 Å². The van der Waals surface area contributed by atoms with Crippen LogP contribution < -0.4 is 10.6 Å². The number of nitrogens with one attached hydrogen (secondary N) is 2. The summed E-state index contributed by atoms with van der Waals surface area (Å²) in [5, 5.41) is 6.72. The zero-order chi connectivity index (χ0) is 17.2. The van der Waals surface area contributed by atoms with Crippen molar-refractivity contribution in [3.05, 3.63) is 0 Å². The molecule has 23 heavy (non-hydrogen) atoms. The third-order valence-electron chi connectivity index (χ3n) is 5.22. The van der Waals surface area contributed by atoms with E-state index in [1.165, 1.54) is 25.7 Å². The molecule has 0 aromatic carbocycles. The van der Waals surface area contributed by atoms with E-state index in [2.05, 4.69) is 36.4 Å². The second-order valence-corrected chi connectivity index (χ2v) is 8.62. The minimum absolute atomic E-state index is 0.287. The van der Waals surface area contributed by atoms with E-state index in [4.69, 9.17) is 4.74 Å². The van der Waals surface area contributed by atoms with Crippen molar-refractivity contribution in [3.8, 4) is 0 Å². The topological polar surface area (TPSA) is 53.6 Å². The van der Waals surface area contributed by atoms with Crippen LogP contribution in [0.1, 0.15) is 60.3 Å². The lowest BCUT2D eigenvalue weighted by Gasteiger charge is -2.39. The first kappa shape index (κ1) is 18.5. The number of hydrogen-bond donors (Lipinski definition) is 2. The van der Waals surface area contributed by atoms with Gasteiger partial charge in [-0.3, -0.25) is 0 Å². The van der Waals surface area contributed by atoms with Gasteiger partial charge in [0.15, 0.2) is 0 Å². The molecule has 1 amide bonds. The Labute approximate surface area is 141 Å². The summed E-state index contributed by atoms with van der Waals surface area (Å²) < 4.78 is 5.33. The minimum atomic E-state index is -0.446. The van der Waals surface area contributed by atoms with Crippen LogP contribution >= 0.6 is 0 Å². The van der Waals surface area contributed by atoms with Crippen molar-refractivity contribution in [2.24, 2.45) is 5.92 Å². The van der Waals surface area contributed by atoms with Gasteiger partial charge in [0, 0.05) is 30.7 Å². The van der Waals surface area contributed by atoms with Crippen molar-refractivity contribution in [3.63, 3.8) is 0 Å². The fourth-order valence-electron chi connectivity index (χ4n) is 3.84. The van der Waals surface area contributed by atoms with Crippen molar-refractivity contribution in [1.29, 1.82) is 0 Å². The van der Waals surface area contributed by atoms with E-state index in [1.54, 1.807) is 0 Å². The van der Waals surface area contributed by atoms with Gasteiger partial charge in [-0.1, -0.05) is 13.8 Å². The van der Waals surface area contributed by atoms with Gasteiger partial charge in [0.05, 0.1) is 0 Å². The van der Waals surface area contributed by atoms with Crippen LogP contribution in [0.2, 0.25) is 0 Å². The van der Waals surface area contributed by atoms with Gasteiger partial charge in [0.25, 0.3) is 0 Å². The van der Waals surface area contributed by atoms with Crippen LogP contribution in [-0.4, -0.2) is 54.4 Å². The van der Waals surface area contributed by atoms with E-state index < -0.39 is 5.60 Å². The molecule has 2 aliphatic heterocycles. The Bertz CT molecular complexity index is 392. The smallest absolute Gasteiger partial charge is 0.407 e. The predicted molar refractivity (Wildman–Crippen MR) is 93.6 cm³/mol. The highest BCUT2D eigenvalue weighted by atomic mass is 16.6. The van der Waals surface area contributed by atoms with E-state index in [0.29, 0.717) is 18.5 Å². The summed E-state index contributed by atoms with van der Waals surface area (Å²) in [7, 11) is 2.27. The van der Waals surface area contributed by atoms with Gasteiger partial charge in [-0.25, -0.2) is 4.79 Å². The third kappa shape index (κ3) is 5.35. The van der Waals surface area contributed by atoms with Gasteiger partial charge in [0.1, 0.15) is 5.60 Å². The Morgan fingerprint density at radius 3 is 2.26 bits per heavy atom. The second-order valence-electron chi connectivity index (χ2n) is 8.62. The molecular formula is C18H35N3O2. The van der Waals surface area contributed by atoms with Gasteiger partial charge < -0.3 is 20.3 Å². The summed E-state index contributed by atoms with van der Waals surface area (Å²) in [5.74, 6) is 0.474. The normalized spacial score (nSPS) is 29.6. The number of hydrogen-bond acceptors (Lipinski definition) is 4. The number of rotatable bonds is 5. The zero-order valence-electron chi connectivity index (χ0n) is 15.7.